The number of hydrazone groups is 1. The molecule has 0 saturated carbocycles. The van der Waals surface area contributed by atoms with Crippen molar-refractivity contribution in [1.29, 1.82) is 0 Å². The number of carbonyl (C=O) groups excluding carboxylic acids is 1. The van der Waals surface area contributed by atoms with E-state index in [1.54, 1.807) is 36.4 Å². The molecule has 0 atom stereocenters. The summed E-state index contributed by atoms with van der Waals surface area (Å²) in [6.07, 6.45) is 1.37. The van der Waals surface area contributed by atoms with Crippen LogP contribution in [0.1, 0.15) is 31.9 Å². The summed E-state index contributed by atoms with van der Waals surface area (Å²) in [5, 5.41) is 4.79. The van der Waals surface area contributed by atoms with Crippen LogP contribution in [0.15, 0.2) is 47.1 Å². The quantitative estimate of drug-likeness (QED) is 0.115. The number of halogens is 7. The van der Waals surface area contributed by atoms with E-state index >= 15 is 0 Å². The first-order valence-corrected chi connectivity index (χ1v) is 12.8. The Bertz CT molecular complexity index is 1530. The Hall–Kier alpha value is -3.63. The third kappa shape index (κ3) is 5.51. The van der Waals surface area contributed by atoms with E-state index in [2.05, 4.69) is 10.0 Å². The van der Waals surface area contributed by atoms with Gasteiger partial charge in [0.15, 0.2) is 23.3 Å². The maximum Gasteiger partial charge on any atom is 0.280 e. The van der Waals surface area contributed by atoms with Gasteiger partial charge in [-0.2, -0.15) is 10.1 Å². The summed E-state index contributed by atoms with van der Waals surface area (Å²) in [6, 6.07) is 10.2. The summed E-state index contributed by atoms with van der Waals surface area (Å²) in [6.45, 7) is 6.80. The molecule has 5 nitrogen and oxygen atoms in total. The highest BCUT2D eigenvalue weighted by Crippen LogP contribution is 2.35. The number of anilines is 2. The Morgan fingerprint density at radius 3 is 2.15 bits per heavy atom. The van der Waals surface area contributed by atoms with Crippen LogP contribution in [0.5, 0.6) is 5.75 Å². The first kappa shape index (κ1) is 29.4. The van der Waals surface area contributed by atoms with Crippen LogP contribution < -0.4 is 14.6 Å². The largest absolute Gasteiger partial charge is 0.488 e. The molecule has 210 valence electrons. The molecule has 0 N–H and O–H groups in total. The SMILES string of the molecule is CCN(CC)c1ccc(/C=C2\C(=O)N(c3c(F)c(F)c(F)c(F)c3F)N=C2C)c(OCc2ccc(Cl)cc2Cl)c1. The fourth-order valence-corrected chi connectivity index (χ4v) is 4.58. The summed E-state index contributed by atoms with van der Waals surface area (Å²) < 4.78 is 76.1. The Morgan fingerprint density at radius 1 is 0.925 bits per heavy atom. The van der Waals surface area contributed by atoms with Gasteiger partial charge in [-0.15, -0.1) is 0 Å². The number of nitrogens with zero attached hydrogens (tertiary/aromatic N) is 3. The molecular formula is C28H22Cl2F5N3O2. The molecule has 1 aliphatic rings. The highest BCUT2D eigenvalue weighted by Gasteiger charge is 2.37. The van der Waals surface area contributed by atoms with Crippen molar-refractivity contribution >= 4 is 52.3 Å². The molecule has 3 aromatic rings. The van der Waals surface area contributed by atoms with Crippen molar-refractivity contribution in [1.82, 2.24) is 0 Å². The number of benzene rings is 3. The maximum absolute atomic E-state index is 14.4. The molecule has 40 heavy (non-hydrogen) atoms. The standard InChI is InChI=1S/C28H22Cl2F5N3O2/c1-4-37(5-2)18-9-7-15(21(12-18)40-13-16-6-8-17(29)11-20(16)30)10-19-14(3)36-38(28(19)39)27-25(34)23(32)22(31)24(33)26(27)35/h6-12H,4-5,13H2,1-3H3/b19-10-. The van der Waals surface area contributed by atoms with Gasteiger partial charge in [0.05, 0.1) is 11.3 Å². The number of amides is 1. The third-order valence-corrected chi connectivity index (χ3v) is 6.87. The molecule has 0 aliphatic carbocycles. The Labute approximate surface area is 237 Å². The Kier molecular flexibility index (Phi) is 8.70. The van der Waals surface area contributed by atoms with E-state index in [9.17, 15) is 26.7 Å². The van der Waals surface area contributed by atoms with Crippen molar-refractivity contribution in [3.63, 3.8) is 0 Å². The first-order valence-electron chi connectivity index (χ1n) is 12.1. The van der Waals surface area contributed by atoms with Gasteiger partial charge in [0.2, 0.25) is 5.82 Å². The monoisotopic (exact) mass is 597 g/mol. The minimum absolute atomic E-state index is 0.00606. The Morgan fingerprint density at radius 2 is 1.55 bits per heavy atom. The van der Waals surface area contributed by atoms with E-state index < -0.39 is 40.7 Å². The van der Waals surface area contributed by atoms with Gasteiger partial charge < -0.3 is 9.64 Å². The summed E-state index contributed by atoms with van der Waals surface area (Å²) >= 11 is 12.3. The van der Waals surface area contributed by atoms with Gasteiger partial charge in [0, 0.05) is 46.0 Å². The lowest BCUT2D eigenvalue weighted by atomic mass is 10.1. The van der Waals surface area contributed by atoms with Crippen LogP contribution >= 0.6 is 23.2 Å². The molecule has 0 spiro atoms. The molecule has 0 radical (unpaired) electrons. The molecule has 1 heterocycles. The minimum atomic E-state index is -2.34. The van der Waals surface area contributed by atoms with Gasteiger partial charge in [-0.25, -0.2) is 22.0 Å². The summed E-state index contributed by atoms with van der Waals surface area (Å²) in [5.41, 5.74) is 0.274. The summed E-state index contributed by atoms with van der Waals surface area (Å²) in [5.74, 6) is -11.8. The molecule has 12 heteroatoms. The van der Waals surface area contributed by atoms with E-state index in [-0.39, 0.29) is 22.9 Å². The molecule has 0 fully saturated rings. The van der Waals surface area contributed by atoms with E-state index in [1.807, 2.05) is 13.8 Å². The molecular weight excluding hydrogens is 576 g/mol. The van der Waals surface area contributed by atoms with Gasteiger partial charge in [-0.1, -0.05) is 29.3 Å². The fourth-order valence-electron chi connectivity index (χ4n) is 4.12. The average Bonchev–Trinajstić information content (AvgIpc) is 3.20. The zero-order chi connectivity index (χ0) is 29.3. The molecule has 0 unspecified atom stereocenters. The highest BCUT2D eigenvalue weighted by molar-refractivity contribution is 6.35. The lowest BCUT2D eigenvalue weighted by Gasteiger charge is -2.22. The second-order valence-electron chi connectivity index (χ2n) is 8.70. The van der Waals surface area contributed by atoms with Gasteiger partial charge in [0.25, 0.3) is 5.91 Å². The topological polar surface area (TPSA) is 45.1 Å². The molecule has 0 aromatic heterocycles. The van der Waals surface area contributed by atoms with Crippen molar-refractivity contribution in [2.75, 3.05) is 23.0 Å². The number of hydrogen-bond donors (Lipinski definition) is 0. The molecule has 4 rings (SSSR count). The van der Waals surface area contributed by atoms with Gasteiger partial charge in [0.1, 0.15) is 18.0 Å². The second-order valence-corrected chi connectivity index (χ2v) is 9.54. The molecule has 3 aromatic carbocycles. The van der Waals surface area contributed by atoms with Crippen LogP contribution in [0.3, 0.4) is 0 Å². The zero-order valence-corrected chi connectivity index (χ0v) is 23.0. The summed E-state index contributed by atoms with van der Waals surface area (Å²) in [4.78, 5) is 15.2. The molecule has 0 bridgehead atoms. The maximum atomic E-state index is 14.4. The zero-order valence-electron chi connectivity index (χ0n) is 21.5. The number of carbonyl (C=O) groups is 1. The fraction of sp³-hybridized carbons (Fsp3) is 0.214. The van der Waals surface area contributed by atoms with Crippen molar-refractivity contribution in [2.24, 2.45) is 5.10 Å². The van der Waals surface area contributed by atoms with Gasteiger partial charge in [-0.3, -0.25) is 4.79 Å². The predicted octanol–water partition coefficient (Wildman–Crippen LogP) is 7.92. The predicted molar refractivity (Wildman–Crippen MR) is 146 cm³/mol. The lowest BCUT2D eigenvalue weighted by Crippen LogP contribution is -2.25. The van der Waals surface area contributed by atoms with Crippen molar-refractivity contribution < 1.29 is 31.5 Å². The Balaban J connectivity index is 1.75. The van der Waals surface area contributed by atoms with Crippen molar-refractivity contribution in [3.8, 4) is 5.75 Å². The smallest absolute Gasteiger partial charge is 0.280 e. The number of hydrogen-bond acceptors (Lipinski definition) is 4. The van der Waals surface area contributed by atoms with E-state index in [4.69, 9.17) is 27.9 Å². The highest BCUT2D eigenvalue weighted by atomic mass is 35.5. The van der Waals surface area contributed by atoms with Crippen molar-refractivity contribution in [2.45, 2.75) is 27.4 Å². The van der Waals surface area contributed by atoms with Crippen LogP contribution in [0, 0.1) is 29.1 Å². The second kappa shape index (κ2) is 11.9. The minimum Gasteiger partial charge on any atom is -0.488 e. The van der Waals surface area contributed by atoms with E-state index in [0.29, 0.717) is 40.0 Å². The number of rotatable bonds is 8. The van der Waals surface area contributed by atoms with Crippen LogP contribution in [0.25, 0.3) is 6.08 Å². The van der Waals surface area contributed by atoms with Crippen LogP contribution in [0.2, 0.25) is 10.0 Å². The molecule has 0 saturated heterocycles. The van der Waals surface area contributed by atoms with Gasteiger partial charge >= 0.3 is 0 Å². The molecule has 1 aliphatic heterocycles. The van der Waals surface area contributed by atoms with Crippen LogP contribution in [-0.4, -0.2) is 24.7 Å². The first-order chi connectivity index (χ1) is 19.0. The van der Waals surface area contributed by atoms with Gasteiger partial charge in [-0.05, 0) is 51.1 Å². The third-order valence-electron chi connectivity index (χ3n) is 6.28. The van der Waals surface area contributed by atoms with Crippen LogP contribution in [-0.2, 0) is 11.4 Å². The molecule has 1 amide bonds. The number of ether oxygens (including phenoxy) is 1. The summed E-state index contributed by atoms with van der Waals surface area (Å²) in [7, 11) is 0. The van der Waals surface area contributed by atoms with Crippen LogP contribution in [0.4, 0.5) is 33.3 Å². The van der Waals surface area contributed by atoms with E-state index in [1.165, 1.54) is 13.0 Å². The van der Waals surface area contributed by atoms with E-state index in [0.717, 1.165) is 5.69 Å². The lowest BCUT2D eigenvalue weighted by molar-refractivity contribution is -0.114. The normalized spacial score (nSPS) is 14.2. The van der Waals surface area contributed by atoms with Crippen molar-refractivity contribution in [3.05, 3.63) is 92.2 Å². The average molecular weight is 598 g/mol.